The Labute approximate surface area is 155 Å². The normalized spacial score (nSPS) is 10.9. The fraction of sp³-hybridized carbons (Fsp3) is 0.143. The molecule has 0 unspecified atom stereocenters. The lowest BCUT2D eigenvalue weighted by atomic mass is 10.2. The lowest BCUT2D eigenvalue weighted by Gasteiger charge is -2.10. The van der Waals surface area contributed by atoms with Crippen LogP contribution in [0.15, 0.2) is 69.9 Å². The minimum Gasteiger partial charge on any atom is -0.497 e. The van der Waals surface area contributed by atoms with Gasteiger partial charge in [0, 0.05) is 12.1 Å². The third-order valence-corrected chi connectivity index (χ3v) is 4.00. The minimum atomic E-state index is -0.115. The molecule has 2 aromatic carbocycles. The highest BCUT2D eigenvalue weighted by molar-refractivity contribution is 5.77. The first kappa shape index (κ1) is 16.9. The van der Waals surface area contributed by atoms with Crippen LogP contribution in [0.25, 0.3) is 22.6 Å². The van der Waals surface area contributed by atoms with E-state index >= 15 is 0 Å². The summed E-state index contributed by atoms with van der Waals surface area (Å²) in [7, 11) is 1.62. The Kier molecular flexibility index (Phi) is 4.61. The van der Waals surface area contributed by atoms with Gasteiger partial charge in [-0.3, -0.25) is 4.79 Å². The zero-order valence-electron chi connectivity index (χ0n) is 14.7. The fourth-order valence-corrected chi connectivity index (χ4v) is 2.67. The van der Waals surface area contributed by atoms with Gasteiger partial charge in [0.2, 0.25) is 0 Å². The molecule has 0 atom stereocenters. The van der Waals surface area contributed by atoms with Gasteiger partial charge in [0.1, 0.15) is 41.7 Å². The standard InChI is InChI=1S/C21H17NO5/c1-24-15-3-5-16(6-4-15)25-10-11-26-17-7-9-19-21(13-17)27-20-12-14(23)2-8-18(20)22-19/h2-9,12-13H,10-11H2,1H3. The van der Waals surface area contributed by atoms with Crippen LogP contribution in [0.4, 0.5) is 0 Å². The van der Waals surface area contributed by atoms with E-state index in [0.717, 1.165) is 11.5 Å². The zero-order valence-corrected chi connectivity index (χ0v) is 14.7. The van der Waals surface area contributed by atoms with Gasteiger partial charge in [-0.1, -0.05) is 0 Å². The molecule has 2 aromatic rings. The van der Waals surface area contributed by atoms with E-state index in [4.69, 9.17) is 18.6 Å². The van der Waals surface area contributed by atoms with Crippen molar-refractivity contribution in [3.63, 3.8) is 0 Å². The van der Waals surface area contributed by atoms with Crippen LogP contribution in [0.1, 0.15) is 0 Å². The van der Waals surface area contributed by atoms with Crippen LogP contribution in [-0.4, -0.2) is 25.3 Å². The zero-order chi connectivity index (χ0) is 18.6. The van der Waals surface area contributed by atoms with Gasteiger partial charge in [0.05, 0.1) is 7.11 Å². The fourth-order valence-electron chi connectivity index (χ4n) is 2.67. The highest BCUT2D eigenvalue weighted by Gasteiger charge is 2.10. The number of nitrogens with zero attached hydrogens (tertiary/aromatic N) is 1. The minimum absolute atomic E-state index is 0.115. The molecule has 136 valence electrons. The van der Waals surface area contributed by atoms with Crippen molar-refractivity contribution in [2.24, 2.45) is 0 Å². The second-order valence-corrected chi connectivity index (χ2v) is 5.85. The molecule has 6 nitrogen and oxygen atoms in total. The molecule has 1 heterocycles. The van der Waals surface area contributed by atoms with Crippen LogP contribution in [0.2, 0.25) is 0 Å². The molecule has 0 amide bonds. The molecule has 0 aromatic heterocycles. The van der Waals surface area contributed by atoms with Gasteiger partial charge >= 0.3 is 0 Å². The maximum Gasteiger partial charge on any atom is 0.182 e. The maximum atomic E-state index is 11.5. The van der Waals surface area contributed by atoms with Gasteiger partial charge in [0.15, 0.2) is 16.8 Å². The van der Waals surface area contributed by atoms with Crippen LogP contribution >= 0.6 is 0 Å². The highest BCUT2D eigenvalue weighted by Crippen LogP contribution is 2.26. The van der Waals surface area contributed by atoms with Crippen molar-refractivity contribution in [1.82, 2.24) is 4.98 Å². The average Bonchev–Trinajstić information content (AvgIpc) is 2.70. The second-order valence-electron chi connectivity index (χ2n) is 5.85. The number of fused-ring (bicyclic) bond motifs is 2. The first-order valence-electron chi connectivity index (χ1n) is 8.45. The van der Waals surface area contributed by atoms with Crippen LogP contribution in [0.5, 0.6) is 17.2 Å². The Morgan fingerprint density at radius 1 is 0.852 bits per heavy atom. The Balaban J connectivity index is 1.42. The lowest BCUT2D eigenvalue weighted by Crippen LogP contribution is -2.09. The Hall–Kier alpha value is -3.54. The van der Waals surface area contributed by atoms with E-state index in [0.29, 0.717) is 41.5 Å². The number of aromatic nitrogens is 1. The summed E-state index contributed by atoms with van der Waals surface area (Å²) in [6.07, 6.45) is 0. The molecular weight excluding hydrogens is 346 g/mol. The molecule has 0 N–H and O–H groups in total. The molecule has 4 rings (SSSR count). The number of benzene rings is 3. The smallest absolute Gasteiger partial charge is 0.182 e. The number of rotatable bonds is 6. The van der Waals surface area contributed by atoms with Gasteiger partial charge in [0.25, 0.3) is 0 Å². The van der Waals surface area contributed by atoms with E-state index in [9.17, 15) is 4.79 Å². The summed E-state index contributed by atoms with van der Waals surface area (Å²) in [5.41, 5.74) is 1.78. The molecule has 1 aliphatic heterocycles. The summed E-state index contributed by atoms with van der Waals surface area (Å²) < 4.78 is 22.2. The lowest BCUT2D eigenvalue weighted by molar-refractivity contribution is 0.217. The average molecular weight is 363 g/mol. The van der Waals surface area contributed by atoms with Gasteiger partial charge in [-0.2, -0.15) is 0 Å². The third-order valence-electron chi connectivity index (χ3n) is 4.00. The van der Waals surface area contributed by atoms with E-state index in [2.05, 4.69) is 4.98 Å². The number of hydrogen-bond acceptors (Lipinski definition) is 6. The predicted octanol–water partition coefficient (Wildman–Crippen LogP) is 3.76. The Bertz CT molecular complexity index is 1090. The molecule has 0 fully saturated rings. The van der Waals surface area contributed by atoms with E-state index in [1.165, 1.54) is 12.1 Å². The van der Waals surface area contributed by atoms with Crippen molar-refractivity contribution < 1.29 is 18.6 Å². The maximum absolute atomic E-state index is 11.5. The van der Waals surface area contributed by atoms with E-state index < -0.39 is 0 Å². The molecule has 1 aliphatic carbocycles. The topological polar surface area (TPSA) is 70.8 Å². The summed E-state index contributed by atoms with van der Waals surface area (Å²) in [4.78, 5) is 16.0. The van der Waals surface area contributed by atoms with Crippen molar-refractivity contribution in [1.29, 1.82) is 0 Å². The molecular formula is C21H17NO5. The van der Waals surface area contributed by atoms with Crippen molar-refractivity contribution in [3.05, 3.63) is 70.9 Å². The summed E-state index contributed by atoms with van der Waals surface area (Å²) in [6.45, 7) is 0.778. The van der Waals surface area contributed by atoms with Crippen LogP contribution in [-0.2, 0) is 0 Å². The molecule has 0 spiro atoms. The second kappa shape index (κ2) is 7.37. The van der Waals surface area contributed by atoms with Crippen molar-refractivity contribution >= 4 is 11.1 Å². The SMILES string of the molecule is COc1ccc(OCCOc2ccc3nc4ccc(=O)cc-4oc3c2)cc1. The monoisotopic (exact) mass is 363 g/mol. The van der Waals surface area contributed by atoms with Gasteiger partial charge in [-0.05, 0) is 48.5 Å². The number of ether oxygens (including phenoxy) is 3. The third kappa shape index (κ3) is 3.84. The predicted molar refractivity (Wildman–Crippen MR) is 101 cm³/mol. The van der Waals surface area contributed by atoms with Crippen molar-refractivity contribution in [2.45, 2.75) is 0 Å². The van der Waals surface area contributed by atoms with Crippen molar-refractivity contribution in [3.8, 4) is 28.7 Å². The summed E-state index contributed by atoms with van der Waals surface area (Å²) in [5, 5.41) is 0. The van der Waals surface area contributed by atoms with Gasteiger partial charge in [-0.25, -0.2) is 4.98 Å². The molecule has 27 heavy (non-hydrogen) atoms. The highest BCUT2D eigenvalue weighted by atomic mass is 16.5. The molecule has 2 aliphatic rings. The van der Waals surface area contributed by atoms with Crippen LogP contribution < -0.4 is 19.6 Å². The molecule has 6 heteroatoms. The summed E-state index contributed by atoms with van der Waals surface area (Å²) in [5.74, 6) is 2.62. The molecule has 0 radical (unpaired) electrons. The number of hydrogen-bond donors (Lipinski definition) is 0. The van der Waals surface area contributed by atoms with E-state index in [1.54, 1.807) is 19.2 Å². The van der Waals surface area contributed by atoms with Crippen LogP contribution in [0, 0.1) is 0 Å². The van der Waals surface area contributed by atoms with Gasteiger partial charge in [-0.15, -0.1) is 0 Å². The largest absolute Gasteiger partial charge is 0.497 e. The Morgan fingerprint density at radius 3 is 2.33 bits per heavy atom. The summed E-state index contributed by atoms with van der Waals surface area (Å²) >= 11 is 0. The van der Waals surface area contributed by atoms with E-state index in [-0.39, 0.29) is 5.43 Å². The van der Waals surface area contributed by atoms with E-state index in [1.807, 2.05) is 36.4 Å². The molecule has 0 bridgehead atoms. The molecule has 0 saturated carbocycles. The first-order chi connectivity index (χ1) is 13.2. The van der Waals surface area contributed by atoms with Crippen molar-refractivity contribution in [2.75, 3.05) is 20.3 Å². The van der Waals surface area contributed by atoms with Gasteiger partial charge < -0.3 is 18.6 Å². The quantitative estimate of drug-likeness (QED) is 0.384. The first-order valence-corrected chi connectivity index (χ1v) is 8.45. The molecule has 0 saturated heterocycles. The number of methoxy groups -OCH3 is 1. The summed E-state index contributed by atoms with van der Waals surface area (Å²) in [6, 6.07) is 17.3. The Morgan fingerprint density at radius 2 is 1.56 bits per heavy atom. The van der Waals surface area contributed by atoms with Crippen LogP contribution in [0.3, 0.4) is 0 Å².